The van der Waals surface area contributed by atoms with Crippen molar-refractivity contribution in [1.82, 2.24) is 24.7 Å². The van der Waals surface area contributed by atoms with Crippen molar-refractivity contribution in [3.05, 3.63) is 42.2 Å². The molecule has 2 fully saturated rings. The van der Waals surface area contributed by atoms with Crippen LogP contribution in [0.15, 0.2) is 41.1 Å². The average Bonchev–Trinajstić information content (AvgIpc) is 3.54. The standard InChI is InChI=1S/C25H29N9O3/c1-32-14-16(13-27-32)19-5-2-6-21(28-19)29-24(35)18-12-20-22(30-23(18)34-7-3-4-17(26)15-34)31-25(37-20)33-8-10-36-11-9-33/h2,5-6,12-14,17H,3-4,7-11,15,26H2,1H3,(H,28,29,35). The Morgan fingerprint density at radius 2 is 2.00 bits per heavy atom. The monoisotopic (exact) mass is 503 g/mol. The number of aromatic nitrogens is 5. The van der Waals surface area contributed by atoms with Gasteiger partial charge in [0.15, 0.2) is 5.58 Å². The molecule has 3 N–H and O–H groups in total. The minimum Gasteiger partial charge on any atom is -0.422 e. The summed E-state index contributed by atoms with van der Waals surface area (Å²) in [6, 6.07) is 7.70. The van der Waals surface area contributed by atoms with Crippen LogP contribution in [-0.2, 0) is 11.8 Å². The third-order valence-electron chi connectivity index (χ3n) is 6.63. The quantitative estimate of drug-likeness (QED) is 0.416. The van der Waals surface area contributed by atoms with E-state index in [1.807, 2.05) is 30.3 Å². The number of rotatable bonds is 5. The van der Waals surface area contributed by atoms with Gasteiger partial charge in [0.25, 0.3) is 11.9 Å². The Morgan fingerprint density at radius 3 is 2.78 bits per heavy atom. The number of hydrogen-bond donors (Lipinski definition) is 2. The number of fused-ring (bicyclic) bond motifs is 1. The number of oxazole rings is 1. The first-order valence-corrected chi connectivity index (χ1v) is 12.5. The second-order valence-corrected chi connectivity index (χ2v) is 9.39. The lowest BCUT2D eigenvalue weighted by molar-refractivity contribution is 0.102. The van der Waals surface area contributed by atoms with Crippen LogP contribution >= 0.6 is 0 Å². The smallest absolute Gasteiger partial charge is 0.300 e. The Morgan fingerprint density at radius 1 is 1.14 bits per heavy atom. The van der Waals surface area contributed by atoms with Crippen molar-refractivity contribution in [2.24, 2.45) is 12.8 Å². The molecule has 12 nitrogen and oxygen atoms in total. The number of nitrogens with two attached hydrogens (primary N) is 1. The zero-order chi connectivity index (χ0) is 25.4. The van der Waals surface area contributed by atoms with E-state index in [1.165, 1.54) is 0 Å². The van der Waals surface area contributed by atoms with Gasteiger partial charge < -0.3 is 30.0 Å². The van der Waals surface area contributed by atoms with Gasteiger partial charge in [0.05, 0.1) is 30.7 Å². The first-order chi connectivity index (χ1) is 18.0. The minimum absolute atomic E-state index is 0.0150. The molecule has 1 amide bonds. The molecule has 0 aromatic carbocycles. The molecule has 0 spiro atoms. The third kappa shape index (κ3) is 4.85. The maximum absolute atomic E-state index is 13.6. The number of piperidine rings is 1. The summed E-state index contributed by atoms with van der Waals surface area (Å²) >= 11 is 0. The number of pyridine rings is 2. The van der Waals surface area contributed by atoms with E-state index in [0.717, 1.165) is 24.9 Å². The Bertz CT molecular complexity index is 1430. The largest absolute Gasteiger partial charge is 0.422 e. The number of nitrogens with zero attached hydrogens (tertiary/aromatic N) is 7. The molecule has 2 saturated heterocycles. The molecule has 0 aliphatic carbocycles. The lowest BCUT2D eigenvalue weighted by Gasteiger charge is -2.32. The van der Waals surface area contributed by atoms with Gasteiger partial charge in [-0.3, -0.25) is 9.48 Å². The van der Waals surface area contributed by atoms with Crippen LogP contribution in [-0.4, -0.2) is 76.1 Å². The molecular weight excluding hydrogens is 474 g/mol. The fourth-order valence-electron chi connectivity index (χ4n) is 4.75. The van der Waals surface area contributed by atoms with E-state index in [4.69, 9.17) is 19.9 Å². The SMILES string of the molecule is Cn1cc(-c2cccc(NC(=O)c3cc4oc(N5CCOCC5)nc4nc3N3CCCC(N)C3)n2)cn1. The van der Waals surface area contributed by atoms with Crippen molar-refractivity contribution in [3.8, 4) is 11.3 Å². The molecule has 4 aromatic rings. The number of carbonyl (C=O) groups excluding carboxylic acids is 1. The molecule has 6 heterocycles. The van der Waals surface area contributed by atoms with Crippen molar-refractivity contribution in [2.45, 2.75) is 18.9 Å². The highest BCUT2D eigenvalue weighted by Crippen LogP contribution is 2.30. The number of amides is 1. The summed E-state index contributed by atoms with van der Waals surface area (Å²) in [7, 11) is 1.85. The number of morpholine rings is 1. The molecule has 192 valence electrons. The highest BCUT2D eigenvalue weighted by atomic mass is 16.5. The maximum atomic E-state index is 13.6. The summed E-state index contributed by atoms with van der Waals surface area (Å²) in [5.41, 5.74) is 9.14. The van der Waals surface area contributed by atoms with Gasteiger partial charge >= 0.3 is 0 Å². The van der Waals surface area contributed by atoms with Gasteiger partial charge in [-0.05, 0) is 25.0 Å². The summed E-state index contributed by atoms with van der Waals surface area (Å²) in [4.78, 5) is 31.7. The van der Waals surface area contributed by atoms with Crippen LogP contribution in [0.25, 0.3) is 22.5 Å². The Balaban J connectivity index is 1.34. The lowest BCUT2D eigenvalue weighted by atomic mass is 10.1. The summed E-state index contributed by atoms with van der Waals surface area (Å²) < 4.78 is 13.2. The lowest BCUT2D eigenvalue weighted by Crippen LogP contribution is -2.44. The highest BCUT2D eigenvalue weighted by molar-refractivity contribution is 6.08. The van der Waals surface area contributed by atoms with E-state index in [9.17, 15) is 4.79 Å². The topological polar surface area (TPSA) is 140 Å². The van der Waals surface area contributed by atoms with Gasteiger partial charge in [0.1, 0.15) is 11.6 Å². The van der Waals surface area contributed by atoms with Crippen molar-refractivity contribution >= 4 is 34.8 Å². The number of nitrogens with one attached hydrogen (secondary N) is 1. The average molecular weight is 504 g/mol. The number of aryl methyl sites for hydroxylation is 1. The second kappa shape index (κ2) is 9.79. The summed E-state index contributed by atoms with van der Waals surface area (Å²) in [5, 5.41) is 7.14. The molecule has 2 aliphatic heterocycles. The van der Waals surface area contributed by atoms with Crippen LogP contribution in [0.4, 0.5) is 17.7 Å². The van der Waals surface area contributed by atoms with Gasteiger partial charge in [0.2, 0.25) is 5.65 Å². The van der Waals surface area contributed by atoms with Gasteiger partial charge in [-0.25, -0.2) is 9.97 Å². The van der Waals surface area contributed by atoms with E-state index in [1.54, 1.807) is 23.0 Å². The van der Waals surface area contributed by atoms with Crippen LogP contribution in [0, 0.1) is 0 Å². The van der Waals surface area contributed by atoms with Crippen molar-refractivity contribution < 1.29 is 13.9 Å². The van der Waals surface area contributed by atoms with Crippen LogP contribution in [0.2, 0.25) is 0 Å². The summed E-state index contributed by atoms with van der Waals surface area (Å²) in [5.74, 6) is 0.647. The molecule has 0 radical (unpaired) electrons. The number of hydrogen-bond acceptors (Lipinski definition) is 10. The first kappa shape index (κ1) is 23.4. The molecule has 1 unspecified atom stereocenters. The van der Waals surface area contributed by atoms with E-state index < -0.39 is 0 Å². The molecule has 0 bridgehead atoms. The maximum Gasteiger partial charge on any atom is 0.300 e. The minimum atomic E-state index is -0.330. The second-order valence-electron chi connectivity index (χ2n) is 9.39. The zero-order valence-corrected chi connectivity index (χ0v) is 20.6. The van der Waals surface area contributed by atoms with Gasteiger partial charge in [-0.2, -0.15) is 10.1 Å². The van der Waals surface area contributed by atoms with E-state index in [2.05, 4.69) is 25.3 Å². The molecule has 0 saturated carbocycles. The zero-order valence-electron chi connectivity index (χ0n) is 20.6. The normalized spacial score (nSPS) is 18.4. The van der Waals surface area contributed by atoms with Gasteiger partial charge in [-0.15, -0.1) is 0 Å². The summed E-state index contributed by atoms with van der Waals surface area (Å²) in [6.45, 7) is 3.97. The molecule has 1 atom stereocenters. The highest BCUT2D eigenvalue weighted by Gasteiger charge is 2.27. The molecule has 2 aliphatic rings. The third-order valence-corrected chi connectivity index (χ3v) is 6.63. The Labute approximate surface area is 213 Å². The molecule has 37 heavy (non-hydrogen) atoms. The van der Waals surface area contributed by atoms with Crippen LogP contribution in [0.1, 0.15) is 23.2 Å². The van der Waals surface area contributed by atoms with E-state index >= 15 is 0 Å². The van der Waals surface area contributed by atoms with Crippen molar-refractivity contribution in [2.75, 3.05) is 54.5 Å². The van der Waals surface area contributed by atoms with Gasteiger partial charge in [0, 0.05) is 57.1 Å². The predicted octanol–water partition coefficient (Wildman–Crippen LogP) is 2.03. The van der Waals surface area contributed by atoms with Crippen LogP contribution in [0.5, 0.6) is 0 Å². The molecule has 6 rings (SSSR count). The van der Waals surface area contributed by atoms with Gasteiger partial charge in [-0.1, -0.05) is 6.07 Å². The number of ether oxygens (including phenoxy) is 1. The first-order valence-electron chi connectivity index (χ1n) is 12.5. The fourth-order valence-corrected chi connectivity index (χ4v) is 4.75. The summed E-state index contributed by atoms with van der Waals surface area (Å²) in [6.07, 6.45) is 5.48. The number of anilines is 3. The van der Waals surface area contributed by atoms with Crippen molar-refractivity contribution in [1.29, 1.82) is 0 Å². The van der Waals surface area contributed by atoms with E-state index in [-0.39, 0.29) is 11.9 Å². The fraction of sp³-hybridized carbons (Fsp3) is 0.400. The Kier molecular flexibility index (Phi) is 6.18. The molecular formula is C25H29N9O3. The van der Waals surface area contributed by atoms with E-state index in [0.29, 0.717) is 73.0 Å². The Hall–Kier alpha value is -4.03. The van der Waals surface area contributed by atoms with Crippen LogP contribution in [0.3, 0.4) is 0 Å². The predicted molar refractivity (Wildman–Crippen MR) is 139 cm³/mol. The molecule has 12 heteroatoms. The van der Waals surface area contributed by atoms with Crippen molar-refractivity contribution in [3.63, 3.8) is 0 Å². The van der Waals surface area contributed by atoms with Crippen LogP contribution < -0.4 is 20.9 Å². The number of carbonyl (C=O) groups is 1. The molecule has 4 aromatic heterocycles.